The van der Waals surface area contributed by atoms with Crippen LogP contribution in [0, 0.1) is 0 Å². The van der Waals surface area contributed by atoms with Gasteiger partial charge < -0.3 is 15.0 Å². The van der Waals surface area contributed by atoms with Crippen LogP contribution >= 0.6 is 34.3 Å². The van der Waals surface area contributed by atoms with Gasteiger partial charge in [0.2, 0.25) is 0 Å². The number of benzene rings is 3. The van der Waals surface area contributed by atoms with Crippen molar-refractivity contribution in [1.82, 2.24) is 0 Å². The maximum Gasteiger partial charge on any atom is 0.271 e. The Morgan fingerprint density at radius 1 is 0.680 bits per heavy atom. The lowest BCUT2D eigenvalue weighted by molar-refractivity contribution is 0.102. The summed E-state index contributed by atoms with van der Waals surface area (Å²) in [7, 11) is -12.4. The Hall–Kier alpha value is -4.17. The minimum atomic E-state index is -4.18. The predicted octanol–water partition coefficient (Wildman–Crippen LogP) is 5.95. The summed E-state index contributed by atoms with van der Waals surface area (Å²) in [4.78, 5) is 15.7. The number of anilines is 5. The summed E-state index contributed by atoms with van der Waals surface area (Å²) >= 11 is 8.15. The smallest absolute Gasteiger partial charge is 0.271 e. The molecule has 0 aliphatic carbocycles. The lowest BCUT2D eigenvalue weighted by atomic mass is 10.1. The van der Waals surface area contributed by atoms with E-state index in [9.17, 15) is 30.0 Å². The second kappa shape index (κ2) is 14.6. The van der Waals surface area contributed by atoms with Crippen LogP contribution in [-0.4, -0.2) is 57.5 Å². The van der Waals surface area contributed by atoms with E-state index in [0.29, 0.717) is 32.0 Å². The summed E-state index contributed by atoms with van der Waals surface area (Å²) in [6, 6.07) is 20.3. The van der Waals surface area contributed by atoms with E-state index in [0.717, 1.165) is 22.7 Å². The number of rotatable bonds is 12. The number of sulfonamides is 3. The van der Waals surface area contributed by atoms with Gasteiger partial charge in [0.1, 0.15) is 8.42 Å². The third kappa shape index (κ3) is 8.23. The maximum atomic E-state index is 14.0. The first kappa shape index (κ1) is 35.6. The molecule has 50 heavy (non-hydrogen) atoms. The van der Waals surface area contributed by atoms with Crippen molar-refractivity contribution in [3.8, 4) is 0 Å². The highest BCUT2D eigenvalue weighted by Crippen LogP contribution is 2.33. The molecular formula is C31H28ClN5O8S5. The van der Waals surface area contributed by atoms with Crippen molar-refractivity contribution in [2.24, 2.45) is 0 Å². The van der Waals surface area contributed by atoms with Gasteiger partial charge in [0.05, 0.1) is 51.6 Å². The third-order valence-corrected chi connectivity index (χ3v) is 14.5. The van der Waals surface area contributed by atoms with Gasteiger partial charge in [-0.05, 0) is 71.4 Å². The third-order valence-electron chi connectivity index (χ3n) is 7.22. The zero-order valence-electron chi connectivity index (χ0n) is 25.7. The number of nitrogens with one attached hydrogen (secondary N) is 4. The number of para-hydroxylation sites is 1. The molecule has 1 aliphatic rings. The molecule has 3 aromatic carbocycles. The first-order valence-electron chi connectivity index (χ1n) is 14.6. The Balaban J connectivity index is 1.38. The van der Waals surface area contributed by atoms with Crippen molar-refractivity contribution in [2.75, 3.05) is 50.7 Å². The molecule has 1 saturated heterocycles. The molecule has 0 radical (unpaired) electrons. The number of amides is 1. The number of carbonyl (C=O) groups is 1. The van der Waals surface area contributed by atoms with Crippen LogP contribution in [0.2, 0.25) is 5.02 Å². The van der Waals surface area contributed by atoms with Gasteiger partial charge in [-0.15, -0.1) is 22.7 Å². The Morgan fingerprint density at radius 3 is 1.84 bits per heavy atom. The Labute approximate surface area is 302 Å². The molecule has 4 N–H and O–H groups in total. The van der Waals surface area contributed by atoms with Gasteiger partial charge in [0, 0.05) is 18.7 Å². The summed E-state index contributed by atoms with van der Waals surface area (Å²) in [5.74, 6) is -0.776. The van der Waals surface area contributed by atoms with E-state index < -0.39 is 36.0 Å². The van der Waals surface area contributed by atoms with Gasteiger partial charge in [0.25, 0.3) is 36.0 Å². The van der Waals surface area contributed by atoms with Crippen LogP contribution in [0.15, 0.2) is 109 Å². The number of hydrogen-bond donors (Lipinski definition) is 4. The highest BCUT2D eigenvalue weighted by molar-refractivity contribution is 7.95. The summed E-state index contributed by atoms with van der Waals surface area (Å²) in [6.45, 7) is 1.73. The number of thiophene rings is 2. The van der Waals surface area contributed by atoms with Gasteiger partial charge in [-0.2, -0.15) is 0 Å². The molecule has 0 atom stereocenters. The molecule has 0 bridgehead atoms. The van der Waals surface area contributed by atoms with Gasteiger partial charge in [-0.3, -0.25) is 19.0 Å². The SMILES string of the molecule is O=C(Nc1cc(S(=O)(=O)Nc2ccccc2Cl)ccc1N1CCOCC1)c1cc(NS(=O)(=O)c2cccs2)cc(NS(=O)(=O)c2cccs2)c1. The number of nitrogens with zero attached hydrogens (tertiary/aromatic N) is 1. The van der Waals surface area contributed by atoms with Crippen molar-refractivity contribution in [3.05, 3.63) is 106 Å². The van der Waals surface area contributed by atoms with Gasteiger partial charge in [-0.1, -0.05) is 35.9 Å². The molecule has 6 rings (SSSR count). The lowest BCUT2D eigenvalue weighted by Gasteiger charge is -2.31. The highest BCUT2D eigenvalue weighted by Gasteiger charge is 2.24. The average Bonchev–Trinajstić information content (AvgIpc) is 3.82. The van der Waals surface area contributed by atoms with E-state index in [1.54, 1.807) is 41.1 Å². The van der Waals surface area contributed by atoms with Crippen LogP contribution in [0.1, 0.15) is 10.4 Å². The first-order valence-corrected chi connectivity index (χ1v) is 21.2. The van der Waals surface area contributed by atoms with Crippen molar-refractivity contribution in [1.29, 1.82) is 0 Å². The molecule has 0 saturated carbocycles. The standard InChI is InChI=1S/C31H28ClN5O8S5/c32-25-5-1-2-6-26(25)36-48(39,40)24-9-10-28(37-11-13-45-14-12-37)27(20-24)33-31(38)21-17-22(34-49(41,42)29-7-3-15-46-29)19-23(18-21)35-50(43,44)30-8-4-16-47-30/h1-10,15-20,34-36H,11-14H2,(H,33,38). The summed E-state index contributed by atoms with van der Waals surface area (Å²) < 4.78 is 92.1. The molecule has 1 fully saturated rings. The molecule has 2 aromatic heterocycles. The van der Waals surface area contributed by atoms with Crippen molar-refractivity contribution >= 4 is 98.7 Å². The fraction of sp³-hybridized carbons (Fsp3) is 0.129. The van der Waals surface area contributed by atoms with E-state index in [-0.39, 0.29) is 46.6 Å². The number of carbonyl (C=O) groups excluding carboxylic acids is 1. The second-order valence-corrected chi connectivity index (χ2v) is 18.5. The maximum absolute atomic E-state index is 14.0. The molecular weight excluding hydrogens is 766 g/mol. The van der Waals surface area contributed by atoms with Gasteiger partial charge in [-0.25, -0.2) is 25.3 Å². The first-order chi connectivity index (χ1) is 23.8. The zero-order valence-corrected chi connectivity index (χ0v) is 30.5. The molecule has 3 heterocycles. The Kier molecular flexibility index (Phi) is 10.4. The van der Waals surface area contributed by atoms with E-state index in [2.05, 4.69) is 19.5 Å². The lowest BCUT2D eigenvalue weighted by Crippen LogP contribution is -2.36. The monoisotopic (exact) mass is 793 g/mol. The second-order valence-electron chi connectivity index (χ2n) is 10.7. The van der Waals surface area contributed by atoms with Gasteiger partial charge in [0.15, 0.2) is 0 Å². The minimum absolute atomic E-state index is 0.00616. The Bertz CT molecular complexity index is 2260. The van der Waals surface area contributed by atoms with Gasteiger partial charge >= 0.3 is 0 Å². The van der Waals surface area contributed by atoms with Crippen LogP contribution in [0.25, 0.3) is 0 Å². The molecule has 0 unspecified atom stereocenters. The molecule has 13 nitrogen and oxygen atoms in total. The fourth-order valence-electron chi connectivity index (χ4n) is 4.92. The molecule has 1 amide bonds. The van der Waals surface area contributed by atoms with Crippen molar-refractivity contribution < 1.29 is 34.8 Å². The highest BCUT2D eigenvalue weighted by atomic mass is 35.5. The zero-order chi connectivity index (χ0) is 35.5. The largest absolute Gasteiger partial charge is 0.378 e. The van der Waals surface area contributed by atoms with Crippen LogP contribution in [0.4, 0.5) is 28.4 Å². The number of ether oxygens (including phenoxy) is 1. The quantitative estimate of drug-likeness (QED) is 0.119. The van der Waals surface area contributed by atoms with Crippen LogP contribution in [-0.2, 0) is 34.8 Å². The van der Waals surface area contributed by atoms with Crippen LogP contribution in [0.5, 0.6) is 0 Å². The summed E-state index contributed by atoms with van der Waals surface area (Å²) in [6.07, 6.45) is 0. The summed E-state index contributed by atoms with van der Waals surface area (Å²) in [5.41, 5.74) is 0.481. The van der Waals surface area contributed by atoms with E-state index in [4.69, 9.17) is 16.3 Å². The topological polar surface area (TPSA) is 180 Å². The number of hydrogen-bond acceptors (Lipinski definition) is 11. The van der Waals surface area contributed by atoms with Crippen LogP contribution in [0.3, 0.4) is 0 Å². The predicted molar refractivity (Wildman–Crippen MR) is 196 cm³/mol. The summed E-state index contributed by atoms with van der Waals surface area (Å²) in [5, 5.41) is 6.12. The molecule has 1 aliphatic heterocycles. The number of morpholine rings is 1. The van der Waals surface area contributed by atoms with Crippen LogP contribution < -0.4 is 24.4 Å². The van der Waals surface area contributed by atoms with Crippen molar-refractivity contribution in [2.45, 2.75) is 13.3 Å². The molecule has 262 valence electrons. The molecule has 0 spiro atoms. The average molecular weight is 794 g/mol. The Morgan fingerprint density at radius 2 is 1.28 bits per heavy atom. The van der Waals surface area contributed by atoms with E-state index in [1.807, 2.05) is 4.90 Å². The number of halogens is 1. The van der Waals surface area contributed by atoms with E-state index in [1.165, 1.54) is 54.6 Å². The molecule has 5 aromatic rings. The minimum Gasteiger partial charge on any atom is -0.378 e. The fourth-order valence-corrected chi connectivity index (χ4v) is 10.3. The van der Waals surface area contributed by atoms with Crippen molar-refractivity contribution in [3.63, 3.8) is 0 Å². The van der Waals surface area contributed by atoms with E-state index >= 15 is 0 Å². The normalized spacial score (nSPS) is 13.8. The molecule has 19 heteroatoms.